The number of hydrogen-bond acceptors (Lipinski definition) is 6. The molecule has 6 heteroatoms. The largest absolute Gasteiger partial charge is 0.369 e. The van der Waals surface area contributed by atoms with Crippen LogP contribution < -0.4 is 11.1 Å². The molecule has 2 heterocycles. The molecule has 2 aromatic rings. The molecule has 2 aromatic heterocycles. The summed E-state index contributed by atoms with van der Waals surface area (Å²) in [4.78, 5) is 9.52. The zero-order valence-electron chi connectivity index (χ0n) is 10.4. The van der Waals surface area contributed by atoms with Crippen molar-refractivity contribution in [1.29, 1.82) is 0 Å². The maximum Gasteiger partial charge on any atom is 0.149 e. The van der Waals surface area contributed by atoms with Crippen LogP contribution in [0.5, 0.6) is 0 Å². The molecule has 0 bridgehead atoms. The normalized spacial score (nSPS) is 23.7. The molecular weight excluding hydrogens is 246 g/mol. The highest BCUT2D eigenvalue weighted by molar-refractivity contribution is 7.13. The fourth-order valence-electron chi connectivity index (χ4n) is 2.60. The van der Waals surface area contributed by atoms with E-state index in [0.717, 1.165) is 41.1 Å². The van der Waals surface area contributed by atoms with E-state index < -0.39 is 0 Å². The van der Waals surface area contributed by atoms with Crippen LogP contribution in [0.4, 0.5) is 5.82 Å². The molecule has 1 fully saturated rings. The summed E-state index contributed by atoms with van der Waals surface area (Å²) in [7, 11) is 0. The van der Waals surface area contributed by atoms with Crippen LogP contribution in [0.2, 0.25) is 0 Å². The number of nitrogens with one attached hydrogen (secondary N) is 1. The quantitative estimate of drug-likeness (QED) is 0.885. The summed E-state index contributed by atoms with van der Waals surface area (Å²) in [6.45, 7) is 2.94. The van der Waals surface area contributed by atoms with Gasteiger partial charge < -0.3 is 11.1 Å². The molecule has 1 aliphatic rings. The molecule has 0 aliphatic heterocycles. The van der Waals surface area contributed by atoms with Crippen molar-refractivity contribution in [3.05, 3.63) is 12.0 Å². The summed E-state index contributed by atoms with van der Waals surface area (Å²) < 4.78 is 4.33. The Kier molecular flexibility index (Phi) is 3.13. The van der Waals surface area contributed by atoms with Crippen LogP contribution in [0.1, 0.15) is 25.0 Å². The zero-order chi connectivity index (χ0) is 12.5. The van der Waals surface area contributed by atoms with E-state index in [-0.39, 0.29) is 0 Å². The van der Waals surface area contributed by atoms with Gasteiger partial charge in [-0.2, -0.15) is 4.37 Å². The van der Waals surface area contributed by atoms with Gasteiger partial charge in [0.2, 0.25) is 0 Å². The third-order valence-corrected chi connectivity index (χ3v) is 4.43. The third-order valence-electron chi connectivity index (χ3n) is 3.58. The van der Waals surface area contributed by atoms with Crippen LogP contribution in [-0.4, -0.2) is 26.9 Å². The summed E-state index contributed by atoms with van der Waals surface area (Å²) >= 11 is 1.43. The lowest BCUT2D eigenvalue weighted by molar-refractivity contribution is 0.565. The lowest BCUT2D eigenvalue weighted by Crippen LogP contribution is -2.18. The van der Waals surface area contributed by atoms with Crippen LogP contribution in [0.25, 0.3) is 10.2 Å². The van der Waals surface area contributed by atoms with Crippen molar-refractivity contribution in [2.45, 2.75) is 32.2 Å². The first-order valence-corrected chi connectivity index (χ1v) is 7.08. The lowest BCUT2D eigenvalue weighted by Gasteiger charge is -2.12. The minimum atomic E-state index is 0.381. The summed E-state index contributed by atoms with van der Waals surface area (Å²) in [5.74, 6) is 1.57. The van der Waals surface area contributed by atoms with Crippen LogP contribution in [-0.2, 0) is 0 Å². The van der Waals surface area contributed by atoms with Gasteiger partial charge in [-0.25, -0.2) is 9.97 Å². The average Bonchev–Trinajstić information content (AvgIpc) is 2.94. The van der Waals surface area contributed by atoms with E-state index in [0.29, 0.717) is 12.0 Å². The van der Waals surface area contributed by atoms with Crippen molar-refractivity contribution >= 4 is 27.6 Å². The van der Waals surface area contributed by atoms with Crippen LogP contribution >= 0.6 is 11.5 Å². The van der Waals surface area contributed by atoms with Crippen molar-refractivity contribution in [1.82, 2.24) is 14.3 Å². The highest BCUT2D eigenvalue weighted by Gasteiger charge is 2.21. The van der Waals surface area contributed by atoms with Gasteiger partial charge in [0.1, 0.15) is 17.0 Å². The molecule has 1 saturated carbocycles. The summed E-state index contributed by atoms with van der Waals surface area (Å²) in [6, 6.07) is 0.381. The molecule has 3 N–H and O–H groups in total. The number of aryl methyl sites for hydroxylation is 1. The van der Waals surface area contributed by atoms with Crippen LogP contribution in [0.3, 0.4) is 0 Å². The highest BCUT2D eigenvalue weighted by atomic mass is 32.1. The molecule has 5 nitrogen and oxygen atoms in total. The Bertz CT molecular complexity index is 552. The van der Waals surface area contributed by atoms with Crippen LogP contribution in [0.15, 0.2) is 6.33 Å². The van der Waals surface area contributed by atoms with E-state index in [2.05, 4.69) is 19.7 Å². The molecule has 0 amide bonds. The molecule has 0 spiro atoms. The number of anilines is 1. The van der Waals surface area contributed by atoms with Gasteiger partial charge in [0, 0.05) is 12.6 Å². The summed E-state index contributed by atoms with van der Waals surface area (Å²) in [6.07, 6.45) is 5.07. The maximum absolute atomic E-state index is 5.93. The molecule has 0 radical (unpaired) electrons. The van der Waals surface area contributed by atoms with Crippen LogP contribution in [0, 0.1) is 12.8 Å². The predicted molar refractivity (Wildman–Crippen MR) is 73.8 cm³/mol. The van der Waals surface area contributed by atoms with Gasteiger partial charge in [-0.1, -0.05) is 0 Å². The second kappa shape index (κ2) is 4.78. The second-order valence-electron chi connectivity index (χ2n) is 4.99. The monoisotopic (exact) mass is 263 g/mol. The Balaban J connectivity index is 1.76. The Morgan fingerprint density at radius 2 is 2.33 bits per heavy atom. The maximum atomic E-state index is 5.93. The number of hydrogen-bond donors (Lipinski definition) is 2. The van der Waals surface area contributed by atoms with E-state index in [9.17, 15) is 0 Å². The van der Waals surface area contributed by atoms with Gasteiger partial charge in [-0.15, -0.1) is 0 Å². The third kappa shape index (κ3) is 2.18. The van der Waals surface area contributed by atoms with E-state index in [1.165, 1.54) is 18.0 Å². The molecule has 2 unspecified atom stereocenters. The van der Waals surface area contributed by atoms with Crippen molar-refractivity contribution in [3.63, 3.8) is 0 Å². The molecule has 1 aliphatic carbocycles. The fourth-order valence-corrected chi connectivity index (χ4v) is 3.34. The van der Waals surface area contributed by atoms with Crippen molar-refractivity contribution in [2.24, 2.45) is 11.7 Å². The van der Waals surface area contributed by atoms with E-state index >= 15 is 0 Å². The Labute approximate surface area is 110 Å². The van der Waals surface area contributed by atoms with E-state index in [1.807, 2.05) is 6.92 Å². The number of aromatic nitrogens is 3. The first-order chi connectivity index (χ1) is 8.74. The average molecular weight is 263 g/mol. The summed E-state index contributed by atoms with van der Waals surface area (Å²) in [5, 5.41) is 4.50. The van der Waals surface area contributed by atoms with Gasteiger partial charge in [-0.05, 0) is 43.6 Å². The van der Waals surface area contributed by atoms with Crippen molar-refractivity contribution < 1.29 is 0 Å². The van der Waals surface area contributed by atoms with E-state index in [4.69, 9.17) is 5.73 Å². The molecule has 0 aromatic carbocycles. The lowest BCUT2D eigenvalue weighted by atomic mass is 10.1. The summed E-state index contributed by atoms with van der Waals surface area (Å²) in [5.41, 5.74) is 6.93. The van der Waals surface area contributed by atoms with Gasteiger partial charge in [0.05, 0.1) is 11.1 Å². The Morgan fingerprint density at radius 1 is 1.44 bits per heavy atom. The minimum absolute atomic E-state index is 0.381. The number of fused-ring (bicyclic) bond motifs is 1. The minimum Gasteiger partial charge on any atom is -0.369 e. The van der Waals surface area contributed by atoms with Crippen molar-refractivity contribution in [2.75, 3.05) is 11.9 Å². The molecular formula is C12H17N5S. The molecule has 96 valence electrons. The SMILES string of the molecule is Cc1nsc2ncnc(NCC3CCC(N)C3)c12. The Hall–Kier alpha value is -1.27. The van der Waals surface area contributed by atoms with Gasteiger partial charge >= 0.3 is 0 Å². The molecule has 18 heavy (non-hydrogen) atoms. The Morgan fingerprint density at radius 3 is 3.11 bits per heavy atom. The zero-order valence-corrected chi connectivity index (χ0v) is 11.2. The second-order valence-corrected chi connectivity index (χ2v) is 5.74. The predicted octanol–water partition coefficient (Wildman–Crippen LogP) is 1.93. The highest BCUT2D eigenvalue weighted by Crippen LogP contribution is 2.28. The topological polar surface area (TPSA) is 76.7 Å². The van der Waals surface area contributed by atoms with Crippen molar-refractivity contribution in [3.8, 4) is 0 Å². The first-order valence-electron chi connectivity index (χ1n) is 6.30. The molecule has 3 rings (SSSR count). The number of nitrogens with two attached hydrogens (primary N) is 1. The number of nitrogens with zero attached hydrogens (tertiary/aromatic N) is 3. The first kappa shape index (κ1) is 11.8. The van der Waals surface area contributed by atoms with Gasteiger partial charge in [-0.3, -0.25) is 0 Å². The van der Waals surface area contributed by atoms with Gasteiger partial charge in [0.15, 0.2) is 0 Å². The van der Waals surface area contributed by atoms with Gasteiger partial charge in [0.25, 0.3) is 0 Å². The van der Waals surface area contributed by atoms with E-state index in [1.54, 1.807) is 6.33 Å². The molecule has 2 atom stereocenters. The fraction of sp³-hybridized carbons (Fsp3) is 0.583. The standard InChI is InChI=1S/C12H17N5S/c1-7-10-11(15-6-16-12(10)18-17-7)14-5-8-2-3-9(13)4-8/h6,8-9H,2-5,13H2,1H3,(H,14,15,16). The smallest absolute Gasteiger partial charge is 0.149 e. The number of rotatable bonds is 3. The molecule has 0 saturated heterocycles.